The van der Waals surface area contributed by atoms with Gasteiger partial charge in [-0.25, -0.2) is 4.39 Å². The molecular formula is C8H8FIN2. The second kappa shape index (κ2) is 3.08. The molecular weight excluding hydrogens is 270 g/mol. The monoisotopic (exact) mass is 278 g/mol. The van der Waals surface area contributed by atoms with Crippen molar-refractivity contribution in [2.45, 2.75) is 0 Å². The van der Waals surface area contributed by atoms with Crippen LogP contribution in [-0.4, -0.2) is 13.1 Å². The average Bonchev–Trinajstić information content (AvgIpc) is 2.07. The van der Waals surface area contributed by atoms with Crippen molar-refractivity contribution < 1.29 is 4.39 Å². The third-order valence-electron chi connectivity index (χ3n) is 1.82. The van der Waals surface area contributed by atoms with Crippen LogP contribution in [0.4, 0.5) is 15.8 Å². The van der Waals surface area contributed by atoms with Gasteiger partial charge in [-0.3, -0.25) is 0 Å². The first-order valence-electron chi connectivity index (χ1n) is 3.74. The molecule has 1 aliphatic rings. The number of benzene rings is 1. The summed E-state index contributed by atoms with van der Waals surface area (Å²) < 4.78 is 13.7. The zero-order valence-electron chi connectivity index (χ0n) is 6.32. The number of fused-ring (bicyclic) bond motifs is 1. The minimum Gasteiger partial charge on any atom is -0.382 e. The number of hydrogen-bond donors (Lipinski definition) is 2. The summed E-state index contributed by atoms with van der Waals surface area (Å²) in [7, 11) is 0. The smallest absolute Gasteiger partial charge is 0.138 e. The van der Waals surface area contributed by atoms with Crippen LogP contribution in [0.15, 0.2) is 12.1 Å². The third-order valence-corrected chi connectivity index (χ3v) is 2.64. The first kappa shape index (κ1) is 8.10. The van der Waals surface area contributed by atoms with Gasteiger partial charge in [-0.05, 0) is 28.7 Å². The summed E-state index contributed by atoms with van der Waals surface area (Å²) in [6.45, 7) is 1.75. The van der Waals surface area contributed by atoms with Crippen molar-refractivity contribution in [3.8, 4) is 0 Å². The molecule has 0 atom stereocenters. The van der Waals surface area contributed by atoms with Crippen molar-refractivity contribution in [2.75, 3.05) is 23.7 Å². The average molecular weight is 278 g/mol. The van der Waals surface area contributed by atoms with Crippen LogP contribution in [0.3, 0.4) is 0 Å². The van der Waals surface area contributed by atoms with Crippen LogP contribution in [0.5, 0.6) is 0 Å². The van der Waals surface area contributed by atoms with Crippen LogP contribution in [0.25, 0.3) is 0 Å². The lowest BCUT2D eigenvalue weighted by Crippen LogP contribution is -2.20. The largest absolute Gasteiger partial charge is 0.382 e. The first-order chi connectivity index (χ1) is 5.77. The zero-order valence-corrected chi connectivity index (χ0v) is 8.48. The van der Waals surface area contributed by atoms with Gasteiger partial charge in [0.05, 0.1) is 14.9 Å². The number of nitrogens with one attached hydrogen (secondary N) is 2. The highest BCUT2D eigenvalue weighted by atomic mass is 127. The van der Waals surface area contributed by atoms with E-state index in [1.54, 1.807) is 0 Å². The molecule has 1 heterocycles. The molecule has 0 aliphatic carbocycles. The number of halogens is 2. The van der Waals surface area contributed by atoms with Crippen LogP contribution >= 0.6 is 22.6 Å². The van der Waals surface area contributed by atoms with Gasteiger partial charge in [-0.1, -0.05) is 0 Å². The second-order valence-electron chi connectivity index (χ2n) is 2.67. The molecule has 1 aromatic rings. The van der Waals surface area contributed by atoms with Crippen molar-refractivity contribution >= 4 is 34.0 Å². The zero-order chi connectivity index (χ0) is 8.55. The van der Waals surface area contributed by atoms with Crippen LogP contribution in [-0.2, 0) is 0 Å². The molecule has 2 nitrogen and oxygen atoms in total. The minimum atomic E-state index is -0.162. The number of anilines is 2. The summed E-state index contributed by atoms with van der Waals surface area (Å²) in [6, 6.07) is 3.35. The molecule has 0 radical (unpaired) electrons. The van der Waals surface area contributed by atoms with Crippen LogP contribution in [0.1, 0.15) is 0 Å². The van der Waals surface area contributed by atoms with Crippen molar-refractivity contribution in [1.82, 2.24) is 0 Å². The van der Waals surface area contributed by atoms with E-state index >= 15 is 0 Å². The number of hydrogen-bond acceptors (Lipinski definition) is 2. The standard InChI is InChI=1S/C8H8FIN2/c9-5-3-7-8(4-6(5)10)12-2-1-11-7/h3-4,11-12H,1-2H2. The molecule has 0 fully saturated rings. The lowest BCUT2D eigenvalue weighted by Gasteiger charge is -2.20. The molecule has 0 spiro atoms. The van der Waals surface area contributed by atoms with E-state index in [9.17, 15) is 4.39 Å². The molecule has 0 saturated carbocycles. The molecule has 2 rings (SSSR count). The molecule has 0 bridgehead atoms. The lowest BCUT2D eigenvalue weighted by atomic mass is 10.2. The summed E-state index contributed by atoms with van der Waals surface area (Å²) in [5, 5.41) is 6.32. The first-order valence-corrected chi connectivity index (χ1v) is 4.82. The van der Waals surface area contributed by atoms with Crippen molar-refractivity contribution in [1.29, 1.82) is 0 Å². The summed E-state index contributed by atoms with van der Waals surface area (Å²) in [6.07, 6.45) is 0. The third kappa shape index (κ3) is 1.35. The lowest BCUT2D eigenvalue weighted by molar-refractivity contribution is 0.620. The van der Waals surface area contributed by atoms with Gasteiger partial charge >= 0.3 is 0 Å². The van der Waals surface area contributed by atoms with Crippen LogP contribution in [0.2, 0.25) is 0 Å². The topological polar surface area (TPSA) is 24.1 Å². The Morgan fingerprint density at radius 2 is 1.75 bits per heavy atom. The van der Waals surface area contributed by atoms with Gasteiger partial charge in [0.25, 0.3) is 0 Å². The van der Waals surface area contributed by atoms with Gasteiger partial charge < -0.3 is 10.6 Å². The summed E-state index contributed by atoms with van der Waals surface area (Å²) in [5.41, 5.74) is 1.85. The molecule has 0 unspecified atom stereocenters. The summed E-state index contributed by atoms with van der Waals surface area (Å²) >= 11 is 1.99. The van der Waals surface area contributed by atoms with Crippen LogP contribution < -0.4 is 10.6 Å². The Kier molecular flexibility index (Phi) is 2.08. The maximum absolute atomic E-state index is 13.0. The maximum Gasteiger partial charge on any atom is 0.138 e. The van der Waals surface area contributed by atoms with Gasteiger partial charge in [-0.2, -0.15) is 0 Å². The Bertz CT molecular complexity index is 283. The van der Waals surface area contributed by atoms with Crippen molar-refractivity contribution in [3.63, 3.8) is 0 Å². The summed E-state index contributed by atoms with van der Waals surface area (Å²) in [5.74, 6) is -0.162. The Hall–Kier alpha value is -0.520. The van der Waals surface area contributed by atoms with Gasteiger partial charge in [0.2, 0.25) is 0 Å². The van der Waals surface area contributed by atoms with E-state index in [2.05, 4.69) is 10.6 Å². The van der Waals surface area contributed by atoms with E-state index in [0.717, 1.165) is 24.5 Å². The van der Waals surface area contributed by atoms with Gasteiger partial charge in [0.1, 0.15) is 5.82 Å². The van der Waals surface area contributed by atoms with E-state index in [0.29, 0.717) is 3.57 Å². The van der Waals surface area contributed by atoms with Gasteiger partial charge in [-0.15, -0.1) is 0 Å². The Morgan fingerprint density at radius 1 is 1.17 bits per heavy atom. The van der Waals surface area contributed by atoms with Crippen LogP contribution in [0, 0.1) is 9.39 Å². The molecule has 0 aromatic heterocycles. The molecule has 4 heteroatoms. The quantitative estimate of drug-likeness (QED) is 0.711. The van der Waals surface area contributed by atoms with E-state index in [-0.39, 0.29) is 5.82 Å². The van der Waals surface area contributed by atoms with E-state index in [1.807, 2.05) is 28.7 Å². The molecule has 64 valence electrons. The molecule has 0 amide bonds. The molecule has 12 heavy (non-hydrogen) atoms. The van der Waals surface area contributed by atoms with Gasteiger partial charge in [0.15, 0.2) is 0 Å². The Morgan fingerprint density at radius 3 is 2.42 bits per heavy atom. The number of rotatable bonds is 0. The molecule has 0 saturated heterocycles. The highest BCUT2D eigenvalue weighted by Gasteiger charge is 2.10. The van der Waals surface area contributed by atoms with E-state index in [4.69, 9.17) is 0 Å². The molecule has 1 aliphatic heterocycles. The van der Waals surface area contributed by atoms with Crippen molar-refractivity contribution in [3.05, 3.63) is 21.5 Å². The Labute approximate surface area is 83.7 Å². The van der Waals surface area contributed by atoms with Crippen molar-refractivity contribution in [2.24, 2.45) is 0 Å². The second-order valence-corrected chi connectivity index (χ2v) is 3.83. The maximum atomic E-state index is 13.0. The normalized spacial score (nSPS) is 14.5. The fourth-order valence-electron chi connectivity index (χ4n) is 1.23. The minimum absolute atomic E-state index is 0.162. The van der Waals surface area contributed by atoms with E-state index in [1.165, 1.54) is 6.07 Å². The highest BCUT2D eigenvalue weighted by Crippen LogP contribution is 2.28. The predicted molar refractivity (Wildman–Crippen MR) is 56.1 cm³/mol. The Balaban J connectivity index is 2.49. The summed E-state index contributed by atoms with van der Waals surface area (Å²) in [4.78, 5) is 0. The highest BCUT2D eigenvalue weighted by molar-refractivity contribution is 14.1. The fourth-order valence-corrected chi connectivity index (χ4v) is 1.70. The fraction of sp³-hybridized carbons (Fsp3) is 0.250. The molecule has 2 N–H and O–H groups in total. The van der Waals surface area contributed by atoms with E-state index < -0.39 is 0 Å². The molecule has 1 aromatic carbocycles. The predicted octanol–water partition coefficient (Wildman–Crippen LogP) is 2.27. The van der Waals surface area contributed by atoms with Gasteiger partial charge in [0, 0.05) is 19.2 Å². The SMILES string of the molecule is Fc1cc2c(cc1I)NCCN2.